The number of aromatic nitrogens is 1. The van der Waals surface area contributed by atoms with E-state index in [9.17, 15) is 23.3 Å². The maximum atomic E-state index is 12.5. The molecule has 0 aliphatic heterocycles. The van der Waals surface area contributed by atoms with Crippen molar-refractivity contribution in [3.63, 3.8) is 0 Å². The lowest BCUT2D eigenvalue weighted by atomic mass is 9.96. The molecule has 1 aromatic carbocycles. The van der Waals surface area contributed by atoms with Crippen LogP contribution >= 0.6 is 11.3 Å². The average Bonchev–Trinajstić information content (AvgIpc) is 2.95. The van der Waals surface area contributed by atoms with E-state index in [1.807, 2.05) is 0 Å². The van der Waals surface area contributed by atoms with Crippen LogP contribution in [0.3, 0.4) is 0 Å². The number of nitrogens with zero attached hydrogens (tertiary/aromatic N) is 2. The molecule has 0 aliphatic rings. The molecule has 0 unspecified atom stereocenters. The van der Waals surface area contributed by atoms with E-state index in [0.717, 1.165) is 29.7 Å². The number of rotatable bonds is 4. The predicted octanol–water partition coefficient (Wildman–Crippen LogP) is 2.87. The second kappa shape index (κ2) is 6.29. The maximum Gasteiger partial charge on any atom is 0.269 e. The summed E-state index contributed by atoms with van der Waals surface area (Å²) in [5.41, 5.74) is -0.834. The van der Waals surface area contributed by atoms with Crippen molar-refractivity contribution < 1.29 is 18.1 Å². The van der Waals surface area contributed by atoms with Crippen molar-refractivity contribution in [2.75, 3.05) is 5.32 Å². The largest absolute Gasteiger partial charge is 0.301 e. The summed E-state index contributed by atoms with van der Waals surface area (Å²) in [7, 11) is -3.85. The van der Waals surface area contributed by atoms with Crippen molar-refractivity contribution in [2.45, 2.75) is 29.9 Å². The van der Waals surface area contributed by atoms with Crippen molar-refractivity contribution in [2.24, 2.45) is 5.41 Å². The molecule has 0 saturated heterocycles. The fraction of sp³-hybridized carbons (Fsp3) is 0.286. The molecule has 10 heteroatoms. The van der Waals surface area contributed by atoms with Crippen molar-refractivity contribution >= 4 is 37.9 Å². The molecule has 2 rings (SSSR count). The molecule has 24 heavy (non-hydrogen) atoms. The van der Waals surface area contributed by atoms with Crippen LogP contribution in [0.25, 0.3) is 0 Å². The molecular weight excluding hydrogens is 354 g/mol. The predicted molar refractivity (Wildman–Crippen MR) is 88.7 cm³/mol. The Morgan fingerprint density at radius 2 is 1.83 bits per heavy atom. The summed E-state index contributed by atoms with van der Waals surface area (Å²) in [4.78, 5) is 25.8. The van der Waals surface area contributed by atoms with E-state index in [-0.39, 0.29) is 25.8 Å². The Morgan fingerprint density at radius 1 is 1.25 bits per heavy atom. The number of hydrogen-bond acceptors (Lipinski definition) is 7. The van der Waals surface area contributed by atoms with Crippen LogP contribution in [-0.2, 0) is 14.6 Å². The fourth-order valence-electron chi connectivity index (χ4n) is 1.59. The molecule has 0 spiro atoms. The van der Waals surface area contributed by atoms with Crippen molar-refractivity contribution in [1.82, 2.24) is 4.98 Å². The molecule has 0 fully saturated rings. The number of thiazole rings is 1. The van der Waals surface area contributed by atoms with Gasteiger partial charge in [0.1, 0.15) is 4.21 Å². The normalized spacial score (nSPS) is 12.0. The van der Waals surface area contributed by atoms with Gasteiger partial charge in [-0.3, -0.25) is 14.9 Å². The van der Waals surface area contributed by atoms with Crippen molar-refractivity contribution in [3.8, 4) is 0 Å². The zero-order valence-electron chi connectivity index (χ0n) is 13.1. The number of benzene rings is 1. The summed E-state index contributed by atoms with van der Waals surface area (Å²) >= 11 is 0.825. The Bertz CT molecular complexity index is 880. The highest BCUT2D eigenvalue weighted by atomic mass is 32.2. The zero-order chi connectivity index (χ0) is 18.1. The van der Waals surface area contributed by atoms with Crippen LogP contribution in [0.4, 0.5) is 10.8 Å². The quantitative estimate of drug-likeness (QED) is 0.654. The Morgan fingerprint density at radius 3 is 2.33 bits per heavy atom. The molecule has 1 heterocycles. The molecule has 1 N–H and O–H groups in total. The first kappa shape index (κ1) is 18.0. The van der Waals surface area contributed by atoms with Gasteiger partial charge in [-0.25, -0.2) is 13.4 Å². The second-order valence-corrected chi connectivity index (χ2v) is 9.15. The Hall–Kier alpha value is -2.33. The standard InChI is InChI=1S/C14H15N3O5S2/c1-14(2,3)12(18)16-13-15-8-11(23-13)24(21,22)10-6-4-9(5-7-10)17(19)20/h4-8H,1-3H3,(H,15,16,18). The minimum atomic E-state index is -3.85. The lowest BCUT2D eigenvalue weighted by molar-refractivity contribution is -0.384. The number of hydrogen-bond donors (Lipinski definition) is 1. The van der Waals surface area contributed by atoms with E-state index in [4.69, 9.17) is 0 Å². The van der Waals surface area contributed by atoms with Gasteiger partial charge >= 0.3 is 0 Å². The van der Waals surface area contributed by atoms with E-state index in [2.05, 4.69) is 10.3 Å². The molecule has 0 bridgehead atoms. The Kier molecular flexibility index (Phi) is 4.72. The molecule has 8 nitrogen and oxygen atoms in total. The third-order valence-corrected chi connectivity index (χ3v) is 6.15. The molecule has 0 aliphatic carbocycles. The van der Waals surface area contributed by atoms with Gasteiger partial charge in [-0.05, 0) is 12.1 Å². The first-order chi connectivity index (χ1) is 11.0. The van der Waals surface area contributed by atoms with Crippen molar-refractivity contribution in [3.05, 3.63) is 40.6 Å². The first-order valence-corrected chi connectivity index (χ1v) is 9.08. The highest BCUT2D eigenvalue weighted by Crippen LogP contribution is 2.30. The van der Waals surface area contributed by atoms with Crippen molar-refractivity contribution in [1.29, 1.82) is 0 Å². The maximum absolute atomic E-state index is 12.5. The first-order valence-electron chi connectivity index (χ1n) is 6.78. The molecule has 0 saturated carbocycles. The summed E-state index contributed by atoms with van der Waals surface area (Å²) in [5, 5.41) is 13.4. The highest BCUT2D eigenvalue weighted by Gasteiger charge is 2.25. The average molecular weight is 369 g/mol. The zero-order valence-corrected chi connectivity index (χ0v) is 14.8. The molecular formula is C14H15N3O5S2. The summed E-state index contributed by atoms with van der Waals surface area (Å²) < 4.78 is 24.9. The summed E-state index contributed by atoms with van der Waals surface area (Å²) in [6.07, 6.45) is 1.15. The smallest absolute Gasteiger partial charge is 0.269 e. The molecule has 1 amide bonds. The Labute approximate surface area is 142 Å². The minimum Gasteiger partial charge on any atom is -0.301 e. The van der Waals surface area contributed by atoms with Crippen LogP contribution in [0.2, 0.25) is 0 Å². The molecule has 2 aromatic rings. The van der Waals surface area contributed by atoms with Crippen LogP contribution in [0.15, 0.2) is 39.6 Å². The number of amides is 1. The number of anilines is 1. The topological polar surface area (TPSA) is 119 Å². The number of nitrogens with one attached hydrogen (secondary N) is 1. The molecule has 0 radical (unpaired) electrons. The monoisotopic (exact) mass is 369 g/mol. The van der Waals surface area contributed by atoms with E-state index in [1.165, 1.54) is 12.1 Å². The minimum absolute atomic E-state index is 0.0550. The third kappa shape index (κ3) is 3.77. The number of sulfone groups is 1. The van der Waals surface area contributed by atoms with Gasteiger partial charge in [0.2, 0.25) is 15.7 Å². The third-order valence-electron chi connectivity index (χ3n) is 3.01. The van der Waals surface area contributed by atoms with Gasteiger partial charge in [0.15, 0.2) is 5.13 Å². The lowest BCUT2D eigenvalue weighted by Crippen LogP contribution is -2.27. The van der Waals surface area contributed by atoms with Crippen LogP contribution in [-0.4, -0.2) is 24.2 Å². The van der Waals surface area contributed by atoms with Gasteiger partial charge in [0.05, 0.1) is 16.0 Å². The number of non-ortho nitro benzene ring substituents is 1. The number of carbonyl (C=O) groups excluding carboxylic acids is 1. The number of nitro groups is 1. The van der Waals surface area contributed by atoms with Crippen LogP contribution in [0, 0.1) is 15.5 Å². The number of carbonyl (C=O) groups is 1. The van der Waals surface area contributed by atoms with E-state index < -0.39 is 20.2 Å². The summed E-state index contributed by atoms with van der Waals surface area (Å²) in [5.74, 6) is -0.281. The van der Waals surface area contributed by atoms with Gasteiger partial charge in [-0.1, -0.05) is 32.1 Å². The Balaban J connectivity index is 2.27. The van der Waals surface area contributed by atoms with Gasteiger partial charge < -0.3 is 5.32 Å². The van der Waals surface area contributed by atoms with E-state index >= 15 is 0 Å². The van der Waals surface area contributed by atoms with Gasteiger partial charge in [0, 0.05) is 17.5 Å². The summed E-state index contributed by atoms with van der Waals surface area (Å²) in [6, 6.07) is 4.58. The summed E-state index contributed by atoms with van der Waals surface area (Å²) in [6.45, 7) is 5.18. The van der Waals surface area contributed by atoms with Crippen LogP contribution in [0.5, 0.6) is 0 Å². The highest BCUT2D eigenvalue weighted by molar-refractivity contribution is 7.93. The van der Waals surface area contributed by atoms with Gasteiger partial charge in [-0.15, -0.1) is 0 Å². The van der Waals surface area contributed by atoms with E-state index in [0.29, 0.717) is 0 Å². The fourth-order valence-corrected chi connectivity index (χ4v) is 4.02. The van der Waals surface area contributed by atoms with Gasteiger partial charge in [0.25, 0.3) is 5.69 Å². The molecule has 1 aromatic heterocycles. The lowest BCUT2D eigenvalue weighted by Gasteiger charge is -2.15. The second-order valence-electron chi connectivity index (χ2n) is 5.94. The SMILES string of the molecule is CC(C)(C)C(=O)Nc1ncc(S(=O)(=O)c2ccc([N+](=O)[O-])cc2)s1. The van der Waals surface area contributed by atoms with E-state index in [1.54, 1.807) is 20.8 Å². The number of nitro benzene ring substituents is 1. The van der Waals surface area contributed by atoms with Crippen LogP contribution in [0.1, 0.15) is 20.8 Å². The van der Waals surface area contributed by atoms with Crippen LogP contribution < -0.4 is 5.32 Å². The molecule has 128 valence electrons. The van der Waals surface area contributed by atoms with Gasteiger partial charge in [-0.2, -0.15) is 0 Å². The molecule has 0 atom stereocenters.